The van der Waals surface area contributed by atoms with Crippen LogP contribution in [0.2, 0.25) is 5.02 Å². The molecule has 0 saturated heterocycles. The molecule has 1 aromatic carbocycles. The Hall–Kier alpha value is -1.06. The fraction of sp³-hybridized carbons (Fsp3) is 0.385. The van der Waals surface area contributed by atoms with Gasteiger partial charge in [-0.2, -0.15) is 5.10 Å². The minimum Gasteiger partial charge on any atom is -0.217 e. The van der Waals surface area contributed by atoms with E-state index in [2.05, 4.69) is 17.0 Å². The van der Waals surface area contributed by atoms with E-state index >= 15 is 0 Å². The fourth-order valence-corrected chi connectivity index (χ4v) is 2.43. The van der Waals surface area contributed by atoms with Gasteiger partial charge in [-0.25, -0.2) is 9.67 Å². The third kappa shape index (κ3) is 2.38. The van der Waals surface area contributed by atoms with Gasteiger partial charge in [-0.3, -0.25) is 0 Å². The first-order chi connectivity index (χ1) is 8.71. The van der Waals surface area contributed by atoms with E-state index in [0.29, 0.717) is 10.9 Å². The van der Waals surface area contributed by atoms with Crippen LogP contribution in [-0.4, -0.2) is 14.8 Å². The summed E-state index contributed by atoms with van der Waals surface area (Å²) in [6.07, 6.45) is 1.64. The van der Waals surface area contributed by atoms with E-state index < -0.39 is 0 Å². The van der Waals surface area contributed by atoms with E-state index in [1.807, 2.05) is 29.8 Å². The maximum absolute atomic E-state index is 6.17. The van der Waals surface area contributed by atoms with Crippen molar-refractivity contribution in [1.29, 1.82) is 0 Å². The van der Waals surface area contributed by atoms with Gasteiger partial charge in [0.2, 0.25) is 0 Å². The third-order valence-electron chi connectivity index (χ3n) is 2.81. The van der Waals surface area contributed by atoms with Crippen molar-refractivity contribution in [3.8, 4) is 5.69 Å². The molecule has 0 aliphatic carbocycles. The number of aromatic nitrogens is 3. The van der Waals surface area contributed by atoms with E-state index in [1.54, 1.807) is 0 Å². The number of nitrogens with zero attached hydrogens (tertiary/aromatic N) is 3. The lowest BCUT2D eigenvalue weighted by Crippen LogP contribution is -2.05. The zero-order valence-electron chi connectivity index (χ0n) is 10.5. The second-order valence-corrected chi connectivity index (χ2v) is 4.61. The minimum atomic E-state index is 0.361. The topological polar surface area (TPSA) is 30.7 Å². The second-order valence-electron chi connectivity index (χ2n) is 3.93. The van der Waals surface area contributed by atoms with Gasteiger partial charge >= 0.3 is 0 Å². The Morgan fingerprint density at radius 2 is 2.00 bits per heavy atom. The highest BCUT2D eigenvalue weighted by molar-refractivity contribution is 6.32. The lowest BCUT2D eigenvalue weighted by atomic mass is 10.2. The Kier molecular flexibility index (Phi) is 4.25. The molecular formula is C13H15Cl2N3. The Labute approximate surface area is 117 Å². The van der Waals surface area contributed by atoms with Gasteiger partial charge in [0.25, 0.3) is 0 Å². The highest BCUT2D eigenvalue weighted by Crippen LogP contribution is 2.25. The molecule has 0 N–H and O–H groups in total. The molecule has 0 radical (unpaired) electrons. The average molecular weight is 284 g/mol. The van der Waals surface area contributed by atoms with Crippen LogP contribution in [0.25, 0.3) is 5.69 Å². The fourth-order valence-electron chi connectivity index (χ4n) is 1.84. The smallest absolute Gasteiger partial charge is 0.151 e. The summed E-state index contributed by atoms with van der Waals surface area (Å²) in [7, 11) is 0. The lowest BCUT2D eigenvalue weighted by Gasteiger charge is -2.10. The standard InChI is InChI=1S/C13H15Cl2N3/c1-3-12-16-13(4-2)18(17-12)11-7-5-6-10(15)9(11)8-14/h5-7H,3-4,8H2,1-2H3. The molecule has 2 rings (SSSR count). The molecule has 0 fully saturated rings. The number of benzene rings is 1. The molecule has 0 atom stereocenters. The second kappa shape index (κ2) is 5.72. The number of hydrogen-bond donors (Lipinski definition) is 0. The van der Waals surface area contributed by atoms with Crippen molar-refractivity contribution in [2.45, 2.75) is 32.6 Å². The van der Waals surface area contributed by atoms with Gasteiger partial charge in [0.05, 0.1) is 11.6 Å². The Morgan fingerprint density at radius 1 is 1.22 bits per heavy atom. The first-order valence-electron chi connectivity index (χ1n) is 5.99. The number of halogens is 2. The Bertz CT molecular complexity index is 549. The molecule has 96 valence electrons. The number of rotatable bonds is 4. The molecule has 0 bridgehead atoms. The van der Waals surface area contributed by atoms with Crippen molar-refractivity contribution in [3.63, 3.8) is 0 Å². The summed E-state index contributed by atoms with van der Waals surface area (Å²) in [4.78, 5) is 4.49. The molecule has 0 unspecified atom stereocenters. The summed E-state index contributed by atoms with van der Waals surface area (Å²) in [5.41, 5.74) is 1.81. The highest BCUT2D eigenvalue weighted by atomic mass is 35.5. The molecule has 2 aromatic rings. The molecular weight excluding hydrogens is 269 g/mol. The summed E-state index contributed by atoms with van der Waals surface area (Å²) in [5.74, 6) is 2.13. The van der Waals surface area contributed by atoms with Gasteiger partial charge in [-0.1, -0.05) is 31.5 Å². The van der Waals surface area contributed by atoms with Crippen molar-refractivity contribution >= 4 is 23.2 Å². The van der Waals surface area contributed by atoms with E-state index in [0.717, 1.165) is 35.7 Å². The molecule has 5 heteroatoms. The van der Waals surface area contributed by atoms with E-state index in [9.17, 15) is 0 Å². The zero-order valence-corrected chi connectivity index (χ0v) is 12.0. The monoisotopic (exact) mass is 283 g/mol. The number of aryl methyl sites for hydroxylation is 2. The molecule has 1 heterocycles. The first-order valence-corrected chi connectivity index (χ1v) is 6.91. The Morgan fingerprint density at radius 3 is 2.61 bits per heavy atom. The van der Waals surface area contributed by atoms with Gasteiger partial charge in [0.1, 0.15) is 5.82 Å². The maximum Gasteiger partial charge on any atom is 0.151 e. The van der Waals surface area contributed by atoms with Crippen LogP contribution >= 0.6 is 23.2 Å². The van der Waals surface area contributed by atoms with Crippen molar-refractivity contribution in [2.75, 3.05) is 0 Å². The van der Waals surface area contributed by atoms with Crippen molar-refractivity contribution in [1.82, 2.24) is 14.8 Å². The predicted octanol–water partition coefficient (Wildman–Crippen LogP) is 3.78. The van der Waals surface area contributed by atoms with Crippen LogP contribution in [0.15, 0.2) is 18.2 Å². The minimum absolute atomic E-state index is 0.361. The average Bonchev–Trinajstić information content (AvgIpc) is 2.81. The summed E-state index contributed by atoms with van der Waals surface area (Å²) in [6.45, 7) is 4.10. The van der Waals surface area contributed by atoms with Crippen LogP contribution in [0.1, 0.15) is 31.1 Å². The Balaban J connectivity index is 2.60. The quantitative estimate of drug-likeness (QED) is 0.800. The molecule has 1 aromatic heterocycles. The van der Waals surface area contributed by atoms with Gasteiger partial charge in [0.15, 0.2) is 5.82 Å². The predicted molar refractivity (Wildman–Crippen MR) is 74.7 cm³/mol. The molecule has 0 spiro atoms. The van der Waals surface area contributed by atoms with Crippen LogP contribution in [0.5, 0.6) is 0 Å². The summed E-state index contributed by atoms with van der Waals surface area (Å²) < 4.78 is 1.85. The number of hydrogen-bond acceptors (Lipinski definition) is 2. The molecule has 0 aliphatic rings. The first kappa shape index (κ1) is 13.4. The van der Waals surface area contributed by atoms with Crippen molar-refractivity contribution in [3.05, 3.63) is 40.4 Å². The van der Waals surface area contributed by atoms with E-state index in [-0.39, 0.29) is 0 Å². The molecule has 0 amide bonds. The van der Waals surface area contributed by atoms with E-state index in [1.165, 1.54) is 0 Å². The van der Waals surface area contributed by atoms with Crippen LogP contribution in [0, 0.1) is 0 Å². The van der Waals surface area contributed by atoms with Crippen LogP contribution < -0.4 is 0 Å². The van der Waals surface area contributed by atoms with E-state index in [4.69, 9.17) is 23.2 Å². The van der Waals surface area contributed by atoms with Crippen molar-refractivity contribution in [2.24, 2.45) is 0 Å². The lowest BCUT2D eigenvalue weighted by molar-refractivity contribution is 0.785. The molecule has 3 nitrogen and oxygen atoms in total. The van der Waals surface area contributed by atoms with Crippen LogP contribution in [0.4, 0.5) is 0 Å². The zero-order chi connectivity index (χ0) is 13.1. The highest BCUT2D eigenvalue weighted by Gasteiger charge is 2.13. The van der Waals surface area contributed by atoms with Crippen LogP contribution in [0.3, 0.4) is 0 Å². The summed E-state index contributed by atoms with van der Waals surface area (Å²) in [5, 5.41) is 5.17. The van der Waals surface area contributed by atoms with Crippen molar-refractivity contribution < 1.29 is 0 Å². The number of alkyl halides is 1. The molecule has 18 heavy (non-hydrogen) atoms. The van der Waals surface area contributed by atoms with Gasteiger partial charge in [-0.15, -0.1) is 11.6 Å². The van der Waals surface area contributed by atoms with Crippen LogP contribution in [-0.2, 0) is 18.7 Å². The summed E-state index contributed by atoms with van der Waals surface area (Å²) in [6, 6.07) is 5.71. The third-order valence-corrected chi connectivity index (χ3v) is 3.43. The molecule has 0 saturated carbocycles. The van der Waals surface area contributed by atoms with Gasteiger partial charge in [0, 0.05) is 23.4 Å². The SMILES string of the molecule is CCc1nc(CC)n(-c2cccc(Cl)c2CCl)n1. The summed E-state index contributed by atoms with van der Waals surface area (Å²) >= 11 is 12.1. The van der Waals surface area contributed by atoms with Gasteiger partial charge < -0.3 is 0 Å². The largest absolute Gasteiger partial charge is 0.217 e. The normalized spacial score (nSPS) is 10.9. The molecule has 0 aliphatic heterocycles. The van der Waals surface area contributed by atoms with Gasteiger partial charge in [-0.05, 0) is 12.1 Å². The maximum atomic E-state index is 6.17.